The standard InChI is InChI=1S/C21H21N3O3/c1-13-4-9-18(14(2)10-13)21-22-20(23-27-21)15-11-19(25)24(12-15)16-5-7-17(26-3)8-6-16/h4-10,15H,11-12H2,1-3H3/t15-/m0/s1. The molecule has 6 heteroatoms. The molecule has 1 aromatic heterocycles. The summed E-state index contributed by atoms with van der Waals surface area (Å²) in [5.41, 5.74) is 4.05. The van der Waals surface area contributed by atoms with Crippen LogP contribution in [0.2, 0.25) is 0 Å². The zero-order valence-electron chi connectivity index (χ0n) is 15.6. The zero-order chi connectivity index (χ0) is 19.0. The maximum atomic E-state index is 12.5. The van der Waals surface area contributed by atoms with Crippen molar-refractivity contribution in [1.29, 1.82) is 0 Å². The summed E-state index contributed by atoms with van der Waals surface area (Å²) in [6.07, 6.45) is 0.373. The molecule has 0 radical (unpaired) electrons. The number of aryl methyl sites for hydroxylation is 2. The summed E-state index contributed by atoms with van der Waals surface area (Å²) < 4.78 is 10.7. The number of carbonyl (C=O) groups excluding carboxylic acids is 1. The van der Waals surface area contributed by atoms with Crippen LogP contribution in [0.5, 0.6) is 5.75 Å². The van der Waals surface area contributed by atoms with Gasteiger partial charge in [0.25, 0.3) is 5.89 Å². The zero-order valence-corrected chi connectivity index (χ0v) is 15.6. The Kier molecular flexibility index (Phi) is 4.39. The SMILES string of the molecule is COc1ccc(N2C[C@@H](c3noc(-c4ccc(C)cc4C)n3)CC2=O)cc1. The van der Waals surface area contributed by atoms with Gasteiger partial charge in [-0.1, -0.05) is 22.9 Å². The molecule has 138 valence electrons. The Bertz CT molecular complexity index is 979. The van der Waals surface area contributed by atoms with E-state index >= 15 is 0 Å². The quantitative estimate of drug-likeness (QED) is 0.703. The maximum absolute atomic E-state index is 12.5. The van der Waals surface area contributed by atoms with Gasteiger partial charge in [-0.15, -0.1) is 0 Å². The number of methoxy groups -OCH3 is 1. The number of anilines is 1. The fourth-order valence-electron chi connectivity index (χ4n) is 3.46. The third kappa shape index (κ3) is 3.30. The van der Waals surface area contributed by atoms with Crippen LogP contribution in [0.15, 0.2) is 47.0 Å². The van der Waals surface area contributed by atoms with E-state index in [9.17, 15) is 4.79 Å². The first-order valence-corrected chi connectivity index (χ1v) is 8.91. The van der Waals surface area contributed by atoms with E-state index in [2.05, 4.69) is 16.2 Å². The number of hydrogen-bond acceptors (Lipinski definition) is 5. The van der Waals surface area contributed by atoms with Gasteiger partial charge in [-0.3, -0.25) is 4.79 Å². The largest absolute Gasteiger partial charge is 0.497 e. The molecule has 6 nitrogen and oxygen atoms in total. The van der Waals surface area contributed by atoms with Crippen molar-refractivity contribution in [3.8, 4) is 17.2 Å². The summed E-state index contributed by atoms with van der Waals surface area (Å²) in [5.74, 6) is 1.82. The molecule has 0 N–H and O–H groups in total. The van der Waals surface area contributed by atoms with E-state index < -0.39 is 0 Å². The highest BCUT2D eigenvalue weighted by Gasteiger charge is 2.34. The van der Waals surface area contributed by atoms with Crippen LogP contribution in [0.25, 0.3) is 11.5 Å². The summed E-state index contributed by atoms with van der Waals surface area (Å²) in [7, 11) is 1.62. The Balaban J connectivity index is 1.54. The van der Waals surface area contributed by atoms with E-state index in [1.807, 2.05) is 50.2 Å². The van der Waals surface area contributed by atoms with Crippen molar-refractivity contribution < 1.29 is 14.1 Å². The van der Waals surface area contributed by atoms with Crippen LogP contribution in [0.4, 0.5) is 5.69 Å². The lowest BCUT2D eigenvalue weighted by atomic mass is 10.1. The molecule has 1 fully saturated rings. The van der Waals surface area contributed by atoms with Crippen molar-refractivity contribution in [2.24, 2.45) is 0 Å². The lowest BCUT2D eigenvalue weighted by Gasteiger charge is -2.16. The molecule has 27 heavy (non-hydrogen) atoms. The van der Waals surface area contributed by atoms with Crippen LogP contribution in [0.1, 0.15) is 29.3 Å². The van der Waals surface area contributed by atoms with Gasteiger partial charge in [0, 0.05) is 30.1 Å². The van der Waals surface area contributed by atoms with E-state index in [0.717, 1.165) is 22.6 Å². The van der Waals surface area contributed by atoms with Gasteiger partial charge < -0.3 is 14.2 Å². The number of aromatic nitrogens is 2. The van der Waals surface area contributed by atoms with E-state index in [1.165, 1.54) is 5.56 Å². The minimum atomic E-state index is -0.0807. The molecule has 4 rings (SSSR count). The maximum Gasteiger partial charge on any atom is 0.258 e. The molecular weight excluding hydrogens is 342 g/mol. The van der Waals surface area contributed by atoms with E-state index in [0.29, 0.717) is 24.7 Å². The van der Waals surface area contributed by atoms with Gasteiger partial charge >= 0.3 is 0 Å². The first kappa shape index (κ1) is 17.3. The predicted octanol–water partition coefficient (Wildman–Crippen LogP) is 3.88. The molecule has 2 heterocycles. The van der Waals surface area contributed by atoms with Crippen LogP contribution >= 0.6 is 0 Å². The average molecular weight is 363 g/mol. The van der Waals surface area contributed by atoms with Gasteiger partial charge in [-0.05, 0) is 49.7 Å². The van der Waals surface area contributed by atoms with Crippen molar-refractivity contribution in [1.82, 2.24) is 10.1 Å². The summed E-state index contributed by atoms with van der Waals surface area (Å²) in [4.78, 5) is 18.8. The molecule has 0 unspecified atom stereocenters. The van der Waals surface area contributed by atoms with Gasteiger partial charge in [0.05, 0.1) is 7.11 Å². The van der Waals surface area contributed by atoms with Crippen molar-refractivity contribution in [3.05, 3.63) is 59.4 Å². The van der Waals surface area contributed by atoms with Gasteiger partial charge in [0.2, 0.25) is 5.91 Å². The molecule has 0 bridgehead atoms. The Morgan fingerprint density at radius 1 is 1.15 bits per heavy atom. The van der Waals surface area contributed by atoms with Gasteiger partial charge in [-0.25, -0.2) is 0 Å². The molecule has 2 aromatic carbocycles. The number of amides is 1. The Labute approximate surface area is 157 Å². The second-order valence-electron chi connectivity index (χ2n) is 6.88. The molecule has 1 amide bonds. The molecule has 0 spiro atoms. The molecule has 1 aliphatic rings. The molecule has 0 aliphatic carbocycles. The van der Waals surface area contributed by atoms with Crippen LogP contribution in [0.3, 0.4) is 0 Å². The number of nitrogens with zero attached hydrogens (tertiary/aromatic N) is 3. The van der Waals surface area contributed by atoms with Gasteiger partial charge in [0.15, 0.2) is 5.82 Å². The molecule has 1 aliphatic heterocycles. The monoisotopic (exact) mass is 363 g/mol. The van der Waals surface area contributed by atoms with E-state index in [1.54, 1.807) is 12.0 Å². The molecule has 1 saturated heterocycles. The number of ether oxygens (including phenoxy) is 1. The van der Waals surface area contributed by atoms with Crippen LogP contribution < -0.4 is 9.64 Å². The molecular formula is C21H21N3O3. The highest BCUT2D eigenvalue weighted by molar-refractivity contribution is 5.96. The van der Waals surface area contributed by atoms with Crippen LogP contribution in [0, 0.1) is 13.8 Å². The minimum absolute atomic E-state index is 0.0584. The first-order chi connectivity index (χ1) is 13.0. The second-order valence-corrected chi connectivity index (χ2v) is 6.88. The Morgan fingerprint density at radius 3 is 2.63 bits per heavy atom. The van der Waals surface area contributed by atoms with Crippen LogP contribution in [-0.2, 0) is 4.79 Å². The fraction of sp³-hybridized carbons (Fsp3) is 0.286. The van der Waals surface area contributed by atoms with Crippen LogP contribution in [-0.4, -0.2) is 29.7 Å². The van der Waals surface area contributed by atoms with E-state index in [4.69, 9.17) is 9.26 Å². The third-order valence-corrected chi connectivity index (χ3v) is 4.93. The second kappa shape index (κ2) is 6.87. The summed E-state index contributed by atoms with van der Waals surface area (Å²) in [6, 6.07) is 13.6. The number of rotatable bonds is 4. The number of carbonyl (C=O) groups is 1. The highest BCUT2D eigenvalue weighted by atomic mass is 16.5. The molecule has 0 saturated carbocycles. The fourth-order valence-corrected chi connectivity index (χ4v) is 3.46. The third-order valence-electron chi connectivity index (χ3n) is 4.93. The van der Waals surface area contributed by atoms with Crippen molar-refractivity contribution in [3.63, 3.8) is 0 Å². The van der Waals surface area contributed by atoms with Gasteiger partial charge in [-0.2, -0.15) is 4.98 Å². The summed E-state index contributed by atoms with van der Waals surface area (Å²) in [5, 5.41) is 4.14. The number of hydrogen-bond donors (Lipinski definition) is 0. The first-order valence-electron chi connectivity index (χ1n) is 8.91. The van der Waals surface area contributed by atoms with Crippen molar-refractivity contribution in [2.75, 3.05) is 18.6 Å². The lowest BCUT2D eigenvalue weighted by molar-refractivity contribution is -0.117. The lowest BCUT2D eigenvalue weighted by Crippen LogP contribution is -2.24. The van der Waals surface area contributed by atoms with Crippen molar-refractivity contribution in [2.45, 2.75) is 26.2 Å². The Morgan fingerprint density at radius 2 is 1.93 bits per heavy atom. The van der Waals surface area contributed by atoms with Crippen molar-refractivity contribution >= 4 is 11.6 Å². The van der Waals surface area contributed by atoms with Gasteiger partial charge in [0.1, 0.15) is 5.75 Å². The number of benzene rings is 2. The highest BCUT2D eigenvalue weighted by Crippen LogP contribution is 2.32. The predicted molar refractivity (Wildman–Crippen MR) is 102 cm³/mol. The summed E-state index contributed by atoms with van der Waals surface area (Å²) in [6.45, 7) is 4.61. The molecule has 3 aromatic rings. The summed E-state index contributed by atoms with van der Waals surface area (Å²) >= 11 is 0. The molecule has 1 atom stereocenters. The normalized spacial score (nSPS) is 16.8. The minimum Gasteiger partial charge on any atom is -0.497 e. The average Bonchev–Trinajstić information content (AvgIpc) is 3.29. The van der Waals surface area contributed by atoms with E-state index in [-0.39, 0.29) is 11.8 Å². The topological polar surface area (TPSA) is 68.5 Å². The smallest absolute Gasteiger partial charge is 0.258 e. The Hall–Kier alpha value is -3.15.